The van der Waals surface area contributed by atoms with Gasteiger partial charge in [-0.3, -0.25) is 0 Å². The number of fused-ring (bicyclic) bond motifs is 1. The number of para-hydroxylation sites is 1. The van der Waals surface area contributed by atoms with Crippen LogP contribution in [0.1, 0.15) is 13.3 Å². The molecule has 1 aromatic carbocycles. The third-order valence-electron chi connectivity index (χ3n) is 1.82. The lowest BCUT2D eigenvalue weighted by atomic mass is 10.3. The van der Waals surface area contributed by atoms with E-state index in [-0.39, 0.29) is 24.8 Å². The number of nitrogens with zero attached hydrogens (tertiary/aromatic N) is 1. The van der Waals surface area contributed by atoms with E-state index in [1.807, 2.05) is 18.2 Å². The van der Waals surface area contributed by atoms with Crippen LogP contribution in [0.4, 0.5) is 5.13 Å². The Kier molecular flexibility index (Phi) is 6.65. The molecule has 1 heterocycles. The normalized spacial score (nSPS) is 9.13. The van der Waals surface area contributed by atoms with Crippen LogP contribution >= 0.6 is 36.2 Å². The molecule has 0 saturated heterocycles. The smallest absolute Gasteiger partial charge is 0.183 e. The van der Waals surface area contributed by atoms with E-state index in [1.54, 1.807) is 11.3 Å². The Morgan fingerprint density at radius 3 is 2.67 bits per heavy atom. The molecule has 2 nitrogen and oxygen atoms in total. The molecule has 0 aliphatic carbocycles. The highest BCUT2D eigenvalue weighted by Crippen LogP contribution is 2.24. The second-order valence-electron chi connectivity index (χ2n) is 2.91. The van der Waals surface area contributed by atoms with Crippen LogP contribution < -0.4 is 5.32 Å². The monoisotopic (exact) mass is 264 g/mol. The van der Waals surface area contributed by atoms with Gasteiger partial charge in [-0.2, -0.15) is 0 Å². The molecule has 84 valence electrons. The molecule has 1 aromatic heterocycles. The molecule has 0 spiro atoms. The first kappa shape index (κ1) is 14.5. The molecule has 0 bridgehead atoms. The number of thiazole rings is 1. The van der Waals surface area contributed by atoms with Gasteiger partial charge in [-0.1, -0.05) is 30.4 Å². The Morgan fingerprint density at radius 2 is 2.00 bits per heavy atom. The van der Waals surface area contributed by atoms with Crippen molar-refractivity contribution in [1.82, 2.24) is 4.98 Å². The SMILES string of the molecule is CCCNc1nc2ccccc2s1.Cl.Cl. The Morgan fingerprint density at radius 1 is 1.27 bits per heavy atom. The predicted molar refractivity (Wildman–Crippen MR) is 72.9 cm³/mol. The summed E-state index contributed by atoms with van der Waals surface area (Å²) < 4.78 is 1.25. The molecule has 0 fully saturated rings. The van der Waals surface area contributed by atoms with Crippen LogP contribution in [0.2, 0.25) is 0 Å². The molecular formula is C10H14Cl2N2S. The van der Waals surface area contributed by atoms with Crippen molar-refractivity contribution in [1.29, 1.82) is 0 Å². The van der Waals surface area contributed by atoms with Crippen LogP contribution in [-0.2, 0) is 0 Å². The lowest BCUT2D eigenvalue weighted by Gasteiger charge is -1.95. The largest absolute Gasteiger partial charge is 0.361 e. The summed E-state index contributed by atoms with van der Waals surface area (Å²) in [5, 5.41) is 4.32. The maximum Gasteiger partial charge on any atom is 0.183 e. The van der Waals surface area contributed by atoms with E-state index in [9.17, 15) is 0 Å². The Labute approximate surface area is 106 Å². The second-order valence-corrected chi connectivity index (χ2v) is 3.94. The van der Waals surface area contributed by atoms with Gasteiger partial charge in [0.05, 0.1) is 10.2 Å². The predicted octanol–water partition coefficient (Wildman–Crippen LogP) is 3.96. The van der Waals surface area contributed by atoms with Gasteiger partial charge in [0.1, 0.15) is 0 Å². The minimum absolute atomic E-state index is 0. The summed E-state index contributed by atoms with van der Waals surface area (Å²) in [6.45, 7) is 3.15. The molecule has 0 saturated carbocycles. The standard InChI is InChI=1S/C10H12N2S.2ClH/c1-2-7-11-10-12-8-5-3-4-6-9(8)13-10;;/h3-6H,2,7H2,1H3,(H,11,12);2*1H. The lowest BCUT2D eigenvalue weighted by Crippen LogP contribution is -1.98. The van der Waals surface area contributed by atoms with Gasteiger partial charge >= 0.3 is 0 Å². The minimum atomic E-state index is 0. The van der Waals surface area contributed by atoms with Gasteiger partial charge in [-0.05, 0) is 18.6 Å². The number of hydrogen-bond acceptors (Lipinski definition) is 3. The molecule has 2 rings (SSSR count). The Hall–Kier alpha value is -0.510. The van der Waals surface area contributed by atoms with Crippen molar-refractivity contribution in [3.63, 3.8) is 0 Å². The summed E-state index contributed by atoms with van der Waals surface area (Å²) in [7, 11) is 0. The minimum Gasteiger partial charge on any atom is -0.361 e. The third-order valence-corrected chi connectivity index (χ3v) is 2.81. The maximum atomic E-state index is 4.46. The second kappa shape index (κ2) is 6.88. The van der Waals surface area contributed by atoms with E-state index in [1.165, 1.54) is 4.70 Å². The van der Waals surface area contributed by atoms with Crippen LogP contribution in [0.3, 0.4) is 0 Å². The number of benzene rings is 1. The molecule has 0 aliphatic heterocycles. The van der Waals surface area contributed by atoms with Crippen LogP contribution in [0.25, 0.3) is 10.2 Å². The first-order valence-electron chi connectivity index (χ1n) is 4.49. The van der Waals surface area contributed by atoms with Crippen molar-refractivity contribution >= 4 is 51.5 Å². The zero-order valence-corrected chi connectivity index (χ0v) is 10.8. The third kappa shape index (κ3) is 3.52. The highest BCUT2D eigenvalue weighted by molar-refractivity contribution is 7.22. The van der Waals surface area contributed by atoms with Crippen molar-refractivity contribution in [3.05, 3.63) is 24.3 Å². The number of rotatable bonds is 3. The van der Waals surface area contributed by atoms with Crippen molar-refractivity contribution in [2.75, 3.05) is 11.9 Å². The molecule has 15 heavy (non-hydrogen) atoms. The first-order valence-corrected chi connectivity index (χ1v) is 5.31. The summed E-state index contributed by atoms with van der Waals surface area (Å²) in [4.78, 5) is 4.46. The number of hydrogen-bond donors (Lipinski definition) is 1. The molecule has 1 N–H and O–H groups in total. The molecule has 5 heteroatoms. The topological polar surface area (TPSA) is 24.9 Å². The van der Waals surface area contributed by atoms with Gasteiger partial charge in [0.15, 0.2) is 5.13 Å². The molecule has 2 aromatic rings. The Balaban J connectivity index is 0.000000980. The zero-order valence-electron chi connectivity index (χ0n) is 8.40. The molecule has 0 radical (unpaired) electrons. The highest BCUT2D eigenvalue weighted by Gasteiger charge is 2.00. The molecule has 0 unspecified atom stereocenters. The first-order chi connectivity index (χ1) is 6.40. The lowest BCUT2D eigenvalue weighted by molar-refractivity contribution is 0.977. The van der Waals surface area contributed by atoms with Crippen LogP contribution in [0, 0.1) is 0 Å². The zero-order chi connectivity index (χ0) is 9.10. The number of anilines is 1. The van der Waals surface area contributed by atoms with Crippen LogP contribution in [0.5, 0.6) is 0 Å². The average Bonchev–Trinajstić information content (AvgIpc) is 2.57. The van der Waals surface area contributed by atoms with Gasteiger partial charge in [0.25, 0.3) is 0 Å². The summed E-state index contributed by atoms with van der Waals surface area (Å²) in [6, 6.07) is 8.21. The fraction of sp³-hybridized carbons (Fsp3) is 0.300. The highest BCUT2D eigenvalue weighted by atomic mass is 35.5. The average molecular weight is 265 g/mol. The molecule has 0 atom stereocenters. The number of aromatic nitrogens is 1. The van der Waals surface area contributed by atoms with E-state index < -0.39 is 0 Å². The fourth-order valence-electron chi connectivity index (χ4n) is 1.18. The van der Waals surface area contributed by atoms with E-state index in [4.69, 9.17) is 0 Å². The van der Waals surface area contributed by atoms with Crippen molar-refractivity contribution in [2.24, 2.45) is 0 Å². The van der Waals surface area contributed by atoms with Crippen molar-refractivity contribution in [2.45, 2.75) is 13.3 Å². The van der Waals surface area contributed by atoms with E-state index >= 15 is 0 Å². The van der Waals surface area contributed by atoms with E-state index in [0.717, 1.165) is 23.6 Å². The van der Waals surface area contributed by atoms with Gasteiger partial charge in [0, 0.05) is 6.54 Å². The summed E-state index contributed by atoms with van der Waals surface area (Å²) >= 11 is 1.72. The molecule has 0 aliphatic rings. The van der Waals surface area contributed by atoms with Crippen molar-refractivity contribution in [3.8, 4) is 0 Å². The molecular weight excluding hydrogens is 251 g/mol. The number of halogens is 2. The van der Waals surface area contributed by atoms with Gasteiger partial charge < -0.3 is 5.32 Å². The summed E-state index contributed by atoms with van der Waals surface area (Å²) in [5.74, 6) is 0. The van der Waals surface area contributed by atoms with Crippen LogP contribution in [-0.4, -0.2) is 11.5 Å². The van der Waals surface area contributed by atoms with Gasteiger partial charge in [-0.25, -0.2) is 4.98 Å². The van der Waals surface area contributed by atoms with E-state index in [2.05, 4.69) is 23.3 Å². The van der Waals surface area contributed by atoms with E-state index in [0.29, 0.717) is 0 Å². The number of nitrogens with one attached hydrogen (secondary N) is 1. The summed E-state index contributed by atoms with van der Waals surface area (Å²) in [5.41, 5.74) is 1.09. The fourth-order valence-corrected chi connectivity index (χ4v) is 2.07. The van der Waals surface area contributed by atoms with Gasteiger partial charge in [0.2, 0.25) is 0 Å². The quantitative estimate of drug-likeness (QED) is 0.908. The maximum absolute atomic E-state index is 4.46. The summed E-state index contributed by atoms with van der Waals surface area (Å²) in [6.07, 6.45) is 1.13. The Bertz CT molecular complexity index is 370. The van der Waals surface area contributed by atoms with Gasteiger partial charge in [-0.15, -0.1) is 24.8 Å². The van der Waals surface area contributed by atoms with Crippen LogP contribution in [0.15, 0.2) is 24.3 Å². The molecule has 0 amide bonds. The van der Waals surface area contributed by atoms with Crippen molar-refractivity contribution < 1.29 is 0 Å².